The molecule has 1 amide bonds. The van der Waals surface area contributed by atoms with Crippen LogP contribution in [0.3, 0.4) is 0 Å². The summed E-state index contributed by atoms with van der Waals surface area (Å²) >= 11 is 12.3. The molecule has 0 bridgehead atoms. The zero-order valence-electron chi connectivity index (χ0n) is 16.7. The van der Waals surface area contributed by atoms with Gasteiger partial charge in [0, 0.05) is 27.5 Å². The van der Waals surface area contributed by atoms with Gasteiger partial charge in [-0.15, -0.1) is 0 Å². The van der Waals surface area contributed by atoms with Gasteiger partial charge in [-0.3, -0.25) is 4.57 Å². The van der Waals surface area contributed by atoms with Crippen molar-refractivity contribution in [1.29, 1.82) is 0 Å². The Bertz CT molecular complexity index is 1090. The van der Waals surface area contributed by atoms with Crippen molar-refractivity contribution in [2.24, 2.45) is 0 Å². The van der Waals surface area contributed by atoms with E-state index in [0.717, 1.165) is 29.3 Å². The number of hydrogen-bond donors (Lipinski definition) is 1. The minimum Gasteiger partial charge on any atom is -0.307 e. The summed E-state index contributed by atoms with van der Waals surface area (Å²) in [5.74, 6) is 6.38. The summed E-state index contributed by atoms with van der Waals surface area (Å²) < 4.78 is 1.60. The van der Waals surface area contributed by atoms with Gasteiger partial charge >= 0.3 is 6.03 Å². The van der Waals surface area contributed by atoms with Crippen molar-refractivity contribution < 1.29 is 4.79 Å². The molecule has 2 aromatic carbocycles. The van der Waals surface area contributed by atoms with Crippen LogP contribution in [-0.4, -0.2) is 10.6 Å². The lowest BCUT2D eigenvalue weighted by molar-refractivity contribution is 0.254. The van der Waals surface area contributed by atoms with E-state index in [1.807, 2.05) is 37.3 Å². The third-order valence-electron chi connectivity index (χ3n) is 4.76. The molecule has 1 heterocycles. The van der Waals surface area contributed by atoms with E-state index < -0.39 is 0 Å². The van der Waals surface area contributed by atoms with Crippen LogP contribution in [0.15, 0.2) is 42.5 Å². The Balaban J connectivity index is 1.90. The van der Waals surface area contributed by atoms with Crippen LogP contribution in [0.25, 0.3) is 10.9 Å². The molecule has 1 aromatic heterocycles. The number of benzene rings is 2. The number of fused-ring (bicyclic) bond motifs is 1. The number of aromatic nitrogens is 1. The van der Waals surface area contributed by atoms with Crippen molar-refractivity contribution in [3.8, 4) is 11.8 Å². The maximum absolute atomic E-state index is 13.1. The van der Waals surface area contributed by atoms with Gasteiger partial charge in [-0.05, 0) is 61.2 Å². The third-order valence-corrected chi connectivity index (χ3v) is 5.40. The van der Waals surface area contributed by atoms with Crippen LogP contribution in [0.5, 0.6) is 0 Å². The highest BCUT2D eigenvalue weighted by Gasteiger charge is 2.15. The lowest BCUT2D eigenvalue weighted by Crippen LogP contribution is -2.20. The van der Waals surface area contributed by atoms with Crippen LogP contribution < -0.4 is 5.32 Å². The molecule has 5 heteroatoms. The molecule has 1 N–H and O–H groups in total. The third kappa shape index (κ3) is 5.35. The molecule has 0 aliphatic carbocycles. The molecule has 0 aliphatic rings. The molecule has 0 unspecified atom stereocenters. The predicted molar refractivity (Wildman–Crippen MR) is 123 cm³/mol. The zero-order valence-corrected chi connectivity index (χ0v) is 18.2. The molecule has 3 aromatic rings. The maximum atomic E-state index is 13.1. The van der Waals surface area contributed by atoms with Crippen LogP contribution in [0.2, 0.25) is 10.0 Å². The molecule has 0 radical (unpaired) electrons. The number of halogens is 2. The molecule has 150 valence electrons. The standard InChI is InChI=1S/C24H24Cl2N2O/c1-3-4-5-6-7-8-9-21-15-18-14-19(25)11-13-23(18)28(21)24(29)27-20-12-10-17(2)22(26)16-20/h10-16H,3-7H2,1-2H3,(H,27,29). The smallest absolute Gasteiger partial charge is 0.307 e. The molecule has 3 rings (SSSR count). The predicted octanol–water partition coefficient (Wildman–Crippen LogP) is 7.66. The van der Waals surface area contributed by atoms with Gasteiger partial charge in [0.15, 0.2) is 0 Å². The van der Waals surface area contributed by atoms with E-state index >= 15 is 0 Å². The highest BCUT2D eigenvalue weighted by molar-refractivity contribution is 6.32. The van der Waals surface area contributed by atoms with Crippen LogP contribution in [0.4, 0.5) is 10.5 Å². The largest absolute Gasteiger partial charge is 0.331 e. The van der Waals surface area contributed by atoms with Gasteiger partial charge in [0.05, 0.1) is 5.52 Å². The van der Waals surface area contributed by atoms with Gasteiger partial charge in [-0.25, -0.2) is 4.79 Å². The van der Waals surface area contributed by atoms with Crippen molar-refractivity contribution in [3.63, 3.8) is 0 Å². The van der Waals surface area contributed by atoms with Crippen LogP contribution >= 0.6 is 23.2 Å². The fourth-order valence-corrected chi connectivity index (χ4v) is 3.50. The topological polar surface area (TPSA) is 34.0 Å². The molecular formula is C24H24Cl2N2O. The highest BCUT2D eigenvalue weighted by Crippen LogP contribution is 2.25. The number of hydrogen-bond acceptors (Lipinski definition) is 1. The van der Waals surface area contributed by atoms with E-state index in [4.69, 9.17) is 23.2 Å². The Kier molecular flexibility index (Phi) is 7.25. The first-order valence-corrected chi connectivity index (χ1v) is 10.6. The minimum absolute atomic E-state index is 0.280. The highest BCUT2D eigenvalue weighted by atomic mass is 35.5. The molecule has 3 nitrogen and oxygen atoms in total. The summed E-state index contributed by atoms with van der Waals surface area (Å²) in [6, 6.07) is 12.5. The van der Waals surface area contributed by atoms with Gasteiger partial charge in [0.1, 0.15) is 5.69 Å². The van der Waals surface area contributed by atoms with Crippen LogP contribution in [0, 0.1) is 18.8 Å². The number of rotatable bonds is 5. The number of carbonyl (C=O) groups excluding carboxylic acids is 1. The van der Waals surface area contributed by atoms with Gasteiger partial charge in [-0.2, -0.15) is 0 Å². The van der Waals surface area contributed by atoms with E-state index in [-0.39, 0.29) is 6.03 Å². The summed E-state index contributed by atoms with van der Waals surface area (Å²) in [6.45, 7) is 4.11. The molecule has 0 spiro atoms. The van der Waals surface area contributed by atoms with E-state index in [1.54, 1.807) is 16.7 Å². The molecule has 0 aliphatic heterocycles. The summed E-state index contributed by atoms with van der Waals surface area (Å²) in [7, 11) is 0. The van der Waals surface area contributed by atoms with Crippen molar-refractivity contribution in [1.82, 2.24) is 4.57 Å². The first-order chi connectivity index (χ1) is 14.0. The molecule has 0 atom stereocenters. The Morgan fingerprint density at radius 3 is 2.66 bits per heavy atom. The second-order valence-corrected chi connectivity index (χ2v) is 7.92. The number of nitrogens with one attached hydrogen (secondary N) is 1. The maximum Gasteiger partial charge on any atom is 0.331 e. The lowest BCUT2D eigenvalue weighted by Gasteiger charge is -2.10. The number of aryl methyl sites for hydroxylation is 1. The Morgan fingerprint density at radius 1 is 1.07 bits per heavy atom. The Hall–Kier alpha value is -2.41. The number of anilines is 1. The average Bonchev–Trinajstić information content (AvgIpc) is 3.04. The molecule has 0 saturated heterocycles. The average molecular weight is 427 g/mol. The first-order valence-electron chi connectivity index (χ1n) is 9.87. The number of unbranched alkanes of at least 4 members (excludes halogenated alkanes) is 4. The minimum atomic E-state index is -0.280. The summed E-state index contributed by atoms with van der Waals surface area (Å²) in [5.41, 5.74) is 3.01. The van der Waals surface area contributed by atoms with E-state index in [2.05, 4.69) is 24.1 Å². The van der Waals surface area contributed by atoms with Gasteiger partial charge in [0.25, 0.3) is 0 Å². The van der Waals surface area contributed by atoms with Crippen LogP contribution in [0.1, 0.15) is 50.3 Å². The normalized spacial score (nSPS) is 10.6. The molecular weight excluding hydrogens is 403 g/mol. The monoisotopic (exact) mass is 426 g/mol. The summed E-state index contributed by atoms with van der Waals surface area (Å²) in [5, 5.41) is 5.03. The van der Waals surface area contributed by atoms with Gasteiger partial charge in [-0.1, -0.05) is 61.4 Å². The van der Waals surface area contributed by atoms with Crippen molar-refractivity contribution >= 4 is 45.8 Å². The summed E-state index contributed by atoms with van der Waals surface area (Å²) in [4.78, 5) is 13.1. The number of carbonyl (C=O) groups is 1. The first kappa shape index (κ1) is 21.3. The van der Waals surface area contributed by atoms with E-state index in [1.165, 1.54) is 19.3 Å². The van der Waals surface area contributed by atoms with E-state index in [0.29, 0.717) is 21.4 Å². The second kappa shape index (κ2) is 9.87. The second-order valence-electron chi connectivity index (χ2n) is 7.07. The molecule has 0 saturated carbocycles. The quantitative estimate of drug-likeness (QED) is 0.329. The van der Waals surface area contributed by atoms with Crippen molar-refractivity contribution in [3.05, 3.63) is 63.8 Å². The zero-order chi connectivity index (χ0) is 20.8. The SMILES string of the molecule is CCCCCCC#Cc1cc2cc(Cl)ccc2n1C(=O)Nc1ccc(C)c(Cl)c1. The number of amides is 1. The summed E-state index contributed by atoms with van der Waals surface area (Å²) in [6.07, 6.45) is 5.49. The fourth-order valence-electron chi connectivity index (χ4n) is 3.14. The van der Waals surface area contributed by atoms with Gasteiger partial charge in [0.2, 0.25) is 0 Å². The molecule has 0 fully saturated rings. The van der Waals surface area contributed by atoms with Crippen molar-refractivity contribution in [2.45, 2.75) is 46.0 Å². The Morgan fingerprint density at radius 2 is 1.90 bits per heavy atom. The van der Waals surface area contributed by atoms with E-state index in [9.17, 15) is 4.79 Å². The fraction of sp³-hybridized carbons (Fsp3) is 0.292. The number of nitrogens with zero attached hydrogens (tertiary/aromatic N) is 1. The lowest BCUT2D eigenvalue weighted by atomic mass is 10.1. The van der Waals surface area contributed by atoms with Crippen molar-refractivity contribution in [2.75, 3.05) is 5.32 Å². The molecule has 29 heavy (non-hydrogen) atoms. The van der Waals surface area contributed by atoms with Gasteiger partial charge < -0.3 is 5.32 Å². The van der Waals surface area contributed by atoms with Crippen LogP contribution in [-0.2, 0) is 0 Å². The Labute approximate surface area is 182 Å².